The van der Waals surface area contributed by atoms with Gasteiger partial charge in [-0.1, -0.05) is 78.7 Å². The van der Waals surface area contributed by atoms with Crippen LogP contribution < -0.4 is 5.32 Å². The fourth-order valence-electron chi connectivity index (χ4n) is 4.84. The van der Waals surface area contributed by atoms with Gasteiger partial charge in [0.05, 0.1) is 17.2 Å². The van der Waals surface area contributed by atoms with Gasteiger partial charge in [0, 0.05) is 19.0 Å². The van der Waals surface area contributed by atoms with Crippen LogP contribution in [0.25, 0.3) is 11.1 Å². The minimum absolute atomic E-state index is 0.143. The van der Waals surface area contributed by atoms with Gasteiger partial charge in [-0.2, -0.15) is 0 Å². The third-order valence-electron chi connectivity index (χ3n) is 6.83. The second-order valence-electron chi connectivity index (χ2n) is 9.32. The second kappa shape index (κ2) is 12.8. The largest absolute Gasteiger partial charge is 0.480 e. The minimum atomic E-state index is -1.11. The lowest BCUT2D eigenvalue weighted by Gasteiger charge is -2.35. The van der Waals surface area contributed by atoms with E-state index in [1.54, 1.807) is 24.3 Å². The Hall–Kier alpha value is -3.23. The number of likely N-dealkylation sites (tertiary alicyclic amines) is 1. The van der Waals surface area contributed by atoms with Gasteiger partial charge >= 0.3 is 5.97 Å². The Balaban J connectivity index is 1.47. The highest BCUT2D eigenvalue weighted by molar-refractivity contribution is 6.33. The molecule has 3 aromatic rings. The van der Waals surface area contributed by atoms with Crippen molar-refractivity contribution in [1.29, 1.82) is 0 Å². The highest BCUT2D eigenvalue weighted by Crippen LogP contribution is 2.28. The van der Waals surface area contributed by atoms with Gasteiger partial charge in [0.1, 0.15) is 6.04 Å². The number of rotatable bonds is 10. The molecule has 3 aromatic carbocycles. The molecule has 1 heterocycles. The summed E-state index contributed by atoms with van der Waals surface area (Å²) in [7, 11) is 0. The number of aliphatic carboxylic acids is 1. The van der Waals surface area contributed by atoms with E-state index in [1.165, 1.54) is 5.56 Å². The van der Waals surface area contributed by atoms with E-state index >= 15 is 0 Å². The third-order valence-corrected chi connectivity index (χ3v) is 7.16. The van der Waals surface area contributed by atoms with Crippen molar-refractivity contribution in [3.05, 3.63) is 94.5 Å². The fourth-order valence-corrected chi connectivity index (χ4v) is 5.06. The Labute approximate surface area is 221 Å². The standard InChI is InChI=1S/C29H31ClN2O5/c30-26-11-4-3-10-25(26)28(33)31-27(29(34)35)17-20-12-14-21(15-13-20)24-9-2-1-7-22(24)18-32-16-6-5-8-23(32)19-37-36/h1-4,7,9-15,23,27,36H,5-6,8,16-19H2,(H,31,33)(H,34,35). The number of hydrogen-bond acceptors (Lipinski definition) is 5. The average Bonchev–Trinajstić information content (AvgIpc) is 2.90. The summed E-state index contributed by atoms with van der Waals surface area (Å²) in [5.41, 5.74) is 4.34. The van der Waals surface area contributed by atoms with Gasteiger partial charge in [0.2, 0.25) is 0 Å². The first-order valence-corrected chi connectivity index (χ1v) is 12.8. The molecular weight excluding hydrogens is 492 g/mol. The molecule has 0 bridgehead atoms. The maximum Gasteiger partial charge on any atom is 0.326 e. The predicted octanol–water partition coefficient (Wildman–Crippen LogP) is 5.28. The quantitative estimate of drug-likeness (QED) is 0.247. The number of amides is 1. The van der Waals surface area contributed by atoms with Crippen LogP contribution in [0, 0.1) is 0 Å². The lowest BCUT2D eigenvalue weighted by atomic mass is 9.95. The Kier molecular flexibility index (Phi) is 9.30. The molecule has 0 radical (unpaired) electrons. The van der Waals surface area contributed by atoms with Gasteiger partial charge in [-0.25, -0.2) is 9.68 Å². The Morgan fingerprint density at radius 3 is 2.49 bits per heavy atom. The van der Waals surface area contributed by atoms with E-state index in [1.807, 2.05) is 36.4 Å². The summed E-state index contributed by atoms with van der Waals surface area (Å²) < 4.78 is 0. The first-order chi connectivity index (χ1) is 18.0. The van der Waals surface area contributed by atoms with Crippen LogP contribution in [0.4, 0.5) is 0 Å². The highest BCUT2D eigenvalue weighted by Gasteiger charge is 2.24. The second-order valence-corrected chi connectivity index (χ2v) is 9.73. The maximum absolute atomic E-state index is 12.6. The molecule has 194 valence electrons. The van der Waals surface area contributed by atoms with E-state index in [2.05, 4.69) is 27.2 Å². The van der Waals surface area contributed by atoms with Gasteiger partial charge in [0.15, 0.2) is 0 Å². The maximum atomic E-state index is 12.6. The van der Waals surface area contributed by atoms with Gasteiger partial charge in [-0.15, -0.1) is 0 Å². The van der Waals surface area contributed by atoms with Crippen LogP contribution in [-0.2, 0) is 22.6 Å². The number of carboxylic acid groups (broad SMARTS) is 1. The molecule has 7 nitrogen and oxygen atoms in total. The van der Waals surface area contributed by atoms with Crippen LogP contribution in [0.5, 0.6) is 0 Å². The van der Waals surface area contributed by atoms with Gasteiger partial charge in [-0.3, -0.25) is 15.0 Å². The van der Waals surface area contributed by atoms with Crippen LogP contribution >= 0.6 is 11.6 Å². The summed E-state index contributed by atoms with van der Waals surface area (Å²) in [6.07, 6.45) is 3.39. The molecule has 1 saturated heterocycles. The molecule has 0 aromatic heterocycles. The molecule has 0 spiro atoms. The molecule has 37 heavy (non-hydrogen) atoms. The van der Waals surface area contributed by atoms with Crippen LogP contribution in [-0.4, -0.2) is 52.4 Å². The first-order valence-electron chi connectivity index (χ1n) is 12.4. The van der Waals surface area contributed by atoms with Crippen molar-refractivity contribution in [2.45, 2.75) is 44.3 Å². The predicted molar refractivity (Wildman–Crippen MR) is 143 cm³/mol. The highest BCUT2D eigenvalue weighted by atomic mass is 35.5. The molecule has 1 fully saturated rings. The van der Waals surface area contributed by atoms with Crippen molar-refractivity contribution in [3.63, 3.8) is 0 Å². The molecule has 1 aliphatic heterocycles. The van der Waals surface area contributed by atoms with E-state index in [9.17, 15) is 14.7 Å². The van der Waals surface area contributed by atoms with E-state index < -0.39 is 17.9 Å². The molecule has 4 rings (SSSR count). The number of benzene rings is 3. The normalized spacial score (nSPS) is 16.8. The monoisotopic (exact) mass is 522 g/mol. The SMILES string of the molecule is O=C(NC(Cc1ccc(-c2ccccc2CN2CCCCC2COO)cc1)C(=O)O)c1ccccc1Cl. The smallest absolute Gasteiger partial charge is 0.326 e. The van der Waals surface area contributed by atoms with Crippen molar-refractivity contribution in [2.75, 3.05) is 13.2 Å². The lowest BCUT2D eigenvalue weighted by Crippen LogP contribution is -2.42. The zero-order valence-electron chi connectivity index (χ0n) is 20.5. The molecule has 0 aliphatic carbocycles. The molecule has 1 amide bonds. The lowest BCUT2D eigenvalue weighted by molar-refractivity contribution is -0.253. The summed E-state index contributed by atoms with van der Waals surface area (Å²) in [4.78, 5) is 31.3. The number of hydrogen-bond donors (Lipinski definition) is 3. The van der Waals surface area contributed by atoms with Crippen molar-refractivity contribution in [1.82, 2.24) is 10.2 Å². The van der Waals surface area contributed by atoms with Crippen molar-refractivity contribution in [2.24, 2.45) is 0 Å². The molecule has 8 heteroatoms. The molecular formula is C29H31ClN2O5. The van der Waals surface area contributed by atoms with Crippen LogP contribution in [0.15, 0.2) is 72.8 Å². The number of carboxylic acids is 1. The Morgan fingerprint density at radius 2 is 1.76 bits per heavy atom. The fraction of sp³-hybridized carbons (Fsp3) is 0.310. The third kappa shape index (κ3) is 6.96. The van der Waals surface area contributed by atoms with Crippen molar-refractivity contribution in [3.8, 4) is 11.1 Å². The number of carbonyl (C=O) groups excluding carboxylic acids is 1. The number of carbonyl (C=O) groups is 2. The summed E-state index contributed by atoms with van der Waals surface area (Å²) >= 11 is 6.09. The van der Waals surface area contributed by atoms with Crippen molar-refractivity contribution >= 4 is 23.5 Å². The Morgan fingerprint density at radius 1 is 1.03 bits per heavy atom. The van der Waals surface area contributed by atoms with Crippen molar-refractivity contribution < 1.29 is 24.8 Å². The molecule has 3 N–H and O–H groups in total. The number of halogens is 1. The molecule has 0 saturated carbocycles. The van der Waals surface area contributed by atoms with Crippen LogP contribution in [0.1, 0.15) is 40.7 Å². The first kappa shape index (κ1) is 26.8. The minimum Gasteiger partial charge on any atom is -0.480 e. The van der Waals surface area contributed by atoms with Crippen LogP contribution in [0.3, 0.4) is 0 Å². The average molecular weight is 523 g/mol. The van der Waals surface area contributed by atoms with E-state index in [0.29, 0.717) is 6.61 Å². The van der Waals surface area contributed by atoms with Gasteiger partial charge in [-0.05, 0) is 53.8 Å². The van der Waals surface area contributed by atoms with Crippen LogP contribution in [0.2, 0.25) is 5.02 Å². The van der Waals surface area contributed by atoms with Gasteiger partial charge < -0.3 is 10.4 Å². The molecule has 2 unspecified atom stereocenters. The van der Waals surface area contributed by atoms with Gasteiger partial charge in [0.25, 0.3) is 5.91 Å². The van der Waals surface area contributed by atoms with E-state index in [0.717, 1.165) is 49.0 Å². The Bertz CT molecular complexity index is 1210. The number of piperidine rings is 1. The zero-order valence-corrected chi connectivity index (χ0v) is 21.2. The summed E-state index contributed by atoms with van der Waals surface area (Å²) in [5.74, 6) is -1.64. The van der Waals surface area contributed by atoms with E-state index in [-0.39, 0.29) is 23.0 Å². The number of nitrogens with one attached hydrogen (secondary N) is 1. The van der Waals surface area contributed by atoms with E-state index in [4.69, 9.17) is 16.9 Å². The summed E-state index contributed by atoms with van der Waals surface area (Å²) in [5, 5.41) is 21.5. The molecule has 2 atom stereocenters. The topological polar surface area (TPSA) is 99.1 Å². The summed E-state index contributed by atoms with van der Waals surface area (Å²) in [6, 6.07) is 21.6. The molecule has 1 aliphatic rings. The summed E-state index contributed by atoms with van der Waals surface area (Å²) in [6.45, 7) is 2.01. The number of nitrogens with zero attached hydrogens (tertiary/aromatic N) is 1. The zero-order chi connectivity index (χ0) is 26.2.